The molecule has 31 heavy (non-hydrogen) atoms. The summed E-state index contributed by atoms with van der Waals surface area (Å²) in [4.78, 5) is 2.35. The van der Waals surface area contributed by atoms with Gasteiger partial charge in [0.2, 0.25) is 0 Å². The first-order valence-electron chi connectivity index (χ1n) is 10.7. The van der Waals surface area contributed by atoms with E-state index in [2.05, 4.69) is 65.7 Å². The van der Waals surface area contributed by atoms with E-state index in [1.165, 1.54) is 11.3 Å². The highest BCUT2D eigenvalue weighted by Crippen LogP contribution is 2.29. The first kappa shape index (κ1) is 21.1. The molecule has 5 nitrogen and oxygen atoms in total. The summed E-state index contributed by atoms with van der Waals surface area (Å²) in [6.07, 6.45) is 0. The van der Waals surface area contributed by atoms with Crippen molar-refractivity contribution in [2.24, 2.45) is 0 Å². The first-order chi connectivity index (χ1) is 15.2. The van der Waals surface area contributed by atoms with Crippen molar-refractivity contribution in [2.75, 3.05) is 43.6 Å². The van der Waals surface area contributed by atoms with Crippen molar-refractivity contribution in [2.45, 2.75) is 20.1 Å². The molecule has 0 unspecified atom stereocenters. The van der Waals surface area contributed by atoms with Crippen LogP contribution in [0, 0.1) is 6.92 Å². The van der Waals surface area contributed by atoms with E-state index < -0.39 is 0 Å². The third-order valence-corrected chi connectivity index (χ3v) is 5.45. The summed E-state index contributed by atoms with van der Waals surface area (Å²) in [5.74, 6) is 1.50. The van der Waals surface area contributed by atoms with Crippen molar-refractivity contribution in [3.05, 3.63) is 83.4 Å². The van der Waals surface area contributed by atoms with Gasteiger partial charge < -0.3 is 24.4 Å². The van der Waals surface area contributed by atoms with Crippen molar-refractivity contribution in [1.29, 1.82) is 0 Å². The van der Waals surface area contributed by atoms with Gasteiger partial charge in [0.05, 0.1) is 20.3 Å². The fraction of sp³-hybridized carbons (Fsp3) is 0.308. The topological polar surface area (TPSA) is 43.0 Å². The van der Waals surface area contributed by atoms with E-state index in [9.17, 15) is 0 Å². The minimum Gasteiger partial charge on any atom is -0.493 e. The molecule has 162 valence electrons. The number of aryl methyl sites for hydroxylation is 1. The van der Waals surface area contributed by atoms with Gasteiger partial charge in [-0.15, -0.1) is 0 Å². The Bertz CT molecular complexity index is 982. The molecule has 0 amide bonds. The Morgan fingerprint density at radius 2 is 1.71 bits per heavy atom. The predicted molar refractivity (Wildman–Crippen MR) is 125 cm³/mol. The van der Waals surface area contributed by atoms with Gasteiger partial charge in [0.15, 0.2) is 11.5 Å². The highest BCUT2D eigenvalue weighted by molar-refractivity contribution is 5.55. The van der Waals surface area contributed by atoms with E-state index >= 15 is 0 Å². The van der Waals surface area contributed by atoms with Gasteiger partial charge in [0, 0.05) is 31.0 Å². The third-order valence-electron chi connectivity index (χ3n) is 5.45. The van der Waals surface area contributed by atoms with Gasteiger partial charge in [0.25, 0.3) is 0 Å². The van der Waals surface area contributed by atoms with Crippen LogP contribution in [-0.2, 0) is 17.9 Å². The molecule has 0 spiro atoms. The third kappa shape index (κ3) is 5.70. The molecule has 1 saturated heterocycles. The fourth-order valence-corrected chi connectivity index (χ4v) is 3.72. The van der Waals surface area contributed by atoms with Gasteiger partial charge in [-0.25, -0.2) is 0 Å². The van der Waals surface area contributed by atoms with E-state index in [1.807, 2.05) is 18.2 Å². The number of nitrogens with one attached hydrogen (secondary N) is 1. The van der Waals surface area contributed by atoms with Crippen LogP contribution in [-0.4, -0.2) is 33.4 Å². The van der Waals surface area contributed by atoms with Crippen LogP contribution in [0.2, 0.25) is 0 Å². The highest BCUT2D eigenvalue weighted by Gasteiger charge is 2.11. The van der Waals surface area contributed by atoms with E-state index in [-0.39, 0.29) is 0 Å². The molecule has 1 N–H and O–H groups in total. The van der Waals surface area contributed by atoms with E-state index in [4.69, 9.17) is 14.2 Å². The van der Waals surface area contributed by atoms with Crippen LogP contribution in [0.15, 0.2) is 66.7 Å². The number of methoxy groups -OCH3 is 1. The molecular weight excluding hydrogens is 388 g/mol. The summed E-state index contributed by atoms with van der Waals surface area (Å²) in [7, 11) is 1.68. The Kier molecular flexibility index (Phi) is 6.95. The molecule has 0 aliphatic carbocycles. The van der Waals surface area contributed by atoms with Crippen molar-refractivity contribution in [3.63, 3.8) is 0 Å². The molecule has 0 saturated carbocycles. The number of ether oxygens (including phenoxy) is 3. The average molecular weight is 419 g/mol. The Labute approximate surface area is 184 Å². The minimum atomic E-state index is 0.519. The summed E-state index contributed by atoms with van der Waals surface area (Å²) in [6.45, 7) is 6.81. The molecule has 1 heterocycles. The molecule has 1 aliphatic rings. The van der Waals surface area contributed by atoms with Crippen molar-refractivity contribution >= 4 is 11.4 Å². The Hall–Kier alpha value is -3.18. The summed E-state index contributed by atoms with van der Waals surface area (Å²) >= 11 is 0. The van der Waals surface area contributed by atoms with Gasteiger partial charge in [-0.2, -0.15) is 0 Å². The van der Waals surface area contributed by atoms with E-state index in [1.54, 1.807) is 7.11 Å². The molecule has 0 atom stereocenters. The van der Waals surface area contributed by atoms with Gasteiger partial charge in [-0.05, 0) is 54.4 Å². The SMILES string of the molecule is COc1cc(CNc2ccc(N3CCOCC3)cc2)ccc1OCc1cccc(C)c1. The van der Waals surface area contributed by atoms with Gasteiger partial charge in [0.1, 0.15) is 6.61 Å². The van der Waals surface area contributed by atoms with Gasteiger partial charge in [-0.3, -0.25) is 0 Å². The molecule has 1 fully saturated rings. The Morgan fingerprint density at radius 3 is 2.45 bits per heavy atom. The monoisotopic (exact) mass is 418 g/mol. The normalized spacial score (nSPS) is 13.7. The largest absolute Gasteiger partial charge is 0.493 e. The first-order valence-corrected chi connectivity index (χ1v) is 10.7. The lowest BCUT2D eigenvalue weighted by Gasteiger charge is -2.28. The zero-order chi connectivity index (χ0) is 21.5. The molecule has 1 aliphatic heterocycles. The van der Waals surface area contributed by atoms with Crippen molar-refractivity contribution in [1.82, 2.24) is 0 Å². The van der Waals surface area contributed by atoms with Crippen LogP contribution in [0.5, 0.6) is 11.5 Å². The average Bonchev–Trinajstić information content (AvgIpc) is 2.82. The molecule has 5 heteroatoms. The Morgan fingerprint density at radius 1 is 0.903 bits per heavy atom. The molecule has 0 bridgehead atoms. The smallest absolute Gasteiger partial charge is 0.161 e. The molecule has 0 radical (unpaired) electrons. The zero-order valence-corrected chi connectivity index (χ0v) is 18.3. The van der Waals surface area contributed by atoms with Gasteiger partial charge >= 0.3 is 0 Å². The maximum absolute atomic E-state index is 6.00. The van der Waals surface area contributed by atoms with Crippen LogP contribution >= 0.6 is 0 Å². The number of morpholine rings is 1. The van der Waals surface area contributed by atoms with Crippen LogP contribution in [0.3, 0.4) is 0 Å². The molecule has 3 aromatic carbocycles. The van der Waals surface area contributed by atoms with Crippen molar-refractivity contribution in [3.8, 4) is 11.5 Å². The molecule has 0 aromatic heterocycles. The standard InChI is InChI=1S/C26H30N2O3/c1-20-4-3-5-22(16-20)19-31-25-11-6-21(17-26(25)29-2)18-27-23-7-9-24(10-8-23)28-12-14-30-15-13-28/h3-11,16-17,27H,12-15,18-19H2,1-2H3. The summed E-state index contributed by atoms with van der Waals surface area (Å²) < 4.78 is 17.0. The van der Waals surface area contributed by atoms with E-state index in [0.717, 1.165) is 54.6 Å². The highest BCUT2D eigenvalue weighted by atomic mass is 16.5. The second-order valence-electron chi connectivity index (χ2n) is 7.76. The van der Waals surface area contributed by atoms with Crippen LogP contribution in [0.25, 0.3) is 0 Å². The van der Waals surface area contributed by atoms with Gasteiger partial charge in [-0.1, -0.05) is 35.9 Å². The zero-order valence-electron chi connectivity index (χ0n) is 18.3. The van der Waals surface area contributed by atoms with E-state index in [0.29, 0.717) is 13.2 Å². The summed E-state index contributed by atoms with van der Waals surface area (Å²) in [5, 5.41) is 3.49. The number of hydrogen-bond donors (Lipinski definition) is 1. The van der Waals surface area contributed by atoms with Crippen LogP contribution in [0.1, 0.15) is 16.7 Å². The second-order valence-corrected chi connectivity index (χ2v) is 7.76. The maximum atomic E-state index is 6.00. The predicted octanol–water partition coefficient (Wildman–Crippen LogP) is 5.03. The second kappa shape index (κ2) is 10.2. The number of anilines is 2. The lowest BCUT2D eigenvalue weighted by molar-refractivity contribution is 0.122. The molecular formula is C26H30N2O3. The minimum absolute atomic E-state index is 0.519. The summed E-state index contributed by atoms with van der Waals surface area (Å²) in [6, 6.07) is 23.0. The maximum Gasteiger partial charge on any atom is 0.161 e. The summed E-state index contributed by atoms with van der Waals surface area (Å²) in [5.41, 5.74) is 5.85. The number of benzene rings is 3. The lowest BCUT2D eigenvalue weighted by atomic mass is 10.1. The number of nitrogens with zero attached hydrogens (tertiary/aromatic N) is 1. The molecule has 4 rings (SSSR count). The quantitative estimate of drug-likeness (QED) is 0.556. The molecule has 3 aromatic rings. The Balaban J connectivity index is 1.34. The number of hydrogen-bond acceptors (Lipinski definition) is 5. The van der Waals surface area contributed by atoms with Crippen molar-refractivity contribution < 1.29 is 14.2 Å². The lowest BCUT2D eigenvalue weighted by Crippen LogP contribution is -2.36. The van der Waals surface area contributed by atoms with Crippen LogP contribution < -0.4 is 19.7 Å². The van der Waals surface area contributed by atoms with Crippen LogP contribution in [0.4, 0.5) is 11.4 Å². The fourth-order valence-electron chi connectivity index (χ4n) is 3.72. The number of rotatable bonds is 8.